The third kappa shape index (κ3) is 3.80. The maximum absolute atomic E-state index is 11.6. The van der Waals surface area contributed by atoms with E-state index in [1.807, 2.05) is 39.0 Å². The zero-order valence-electron chi connectivity index (χ0n) is 10.3. The van der Waals surface area contributed by atoms with E-state index in [2.05, 4.69) is 5.32 Å². The smallest absolute Gasteiger partial charge is 0.227 e. The Balaban J connectivity index is 2.91. The Hall–Kier alpha value is -2.02. The van der Waals surface area contributed by atoms with Crippen LogP contribution in [0.4, 0.5) is 5.69 Å². The molecular formula is C13H16N2O2. The van der Waals surface area contributed by atoms with Gasteiger partial charge in [-0.1, -0.05) is 19.9 Å². The van der Waals surface area contributed by atoms with E-state index in [0.29, 0.717) is 11.4 Å². The van der Waals surface area contributed by atoms with Gasteiger partial charge in [0.15, 0.2) is 6.61 Å². The zero-order valence-corrected chi connectivity index (χ0v) is 10.3. The fraction of sp³-hybridized carbons (Fsp3) is 0.385. The van der Waals surface area contributed by atoms with Crippen molar-refractivity contribution in [2.75, 3.05) is 11.9 Å². The van der Waals surface area contributed by atoms with E-state index < -0.39 is 0 Å². The van der Waals surface area contributed by atoms with Crippen molar-refractivity contribution in [3.63, 3.8) is 0 Å². The zero-order chi connectivity index (χ0) is 12.8. The van der Waals surface area contributed by atoms with Gasteiger partial charge in [-0.3, -0.25) is 4.79 Å². The van der Waals surface area contributed by atoms with Crippen molar-refractivity contribution >= 4 is 11.6 Å². The van der Waals surface area contributed by atoms with Crippen molar-refractivity contribution in [1.29, 1.82) is 5.26 Å². The summed E-state index contributed by atoms with van der Waals surface area (Å²) in [5.74, 6) is 0.350. The minimum Gasteiger partial charge on any atom is -0.477 e. The molecule has 0 bridgehead atoms. The number of carbonyl (C=O) groups is 1. The summed E-state index contributed by atoms with van der Waals surface area (Å²) in [5, 5.41) is 11.3. The average molecular weight is 232 g/mol. The first-order valence-corrected chi connectivity index (χ1v) is 5.46. The predicted octanol–water partition coefficient (Wildman–Crippen LogP) is 2.49. The van der Waals surface area contributed by atoms with E-state index in [4.69, 9.17) is 10.00 Å². The van der Waals surface area contributed by atoms with Gasteiger partial charge in [-0.15, -0.1) is 0 Å². The number of nitrogens with zero attached hydrogens (tertiary/aromatic N) is 1. The van der Waals surface area contributed by atoms with Gasteiger partial charge in [0.05, 0.1) is 5.69 Å². The van der Waals surface area contributed by atoms with Gasteiger partial charge >= 0.3 is 0 Å². The van der Waals surface area contributed by atoms with Gasteiger partial charge in [0, 0.05) is 5.92 Å². The number of rotatable bonds is 4. The second-order valence-corrected chi connectivity index (χ2v) is 4.09. The molecule has 0 aromatic heterocycles. The minimum absolute atomic E-state index is 0.0341. The summed E-state index contributed by atoms with van der Waals surface area (Å²) in [5.41, 5.74) is 1.63. The third-order valence-electron chi connectivity index (χ3n) is 2.21. The van der Waals surface area contributed by atoms with Crippen LogP contribution >= 0.6 is 0 Å². The lowest BCUT2D eigenvalue weighted by atomic mass is 10.1. The number of aryl methyl sites for hydroxylation is 1. The van der Waals surface area contributed by atoms with Gasteiger partial charge < -0.3 is 10.1 Å². The number of nitrogens with one attached hydrogen (secondary N) is 1. The Morgan fingerprint density at radius 1 is 1.53 bits per heavy atom. The molecule has 0 saturated heterocycles. The van der Waals surface area contributed by atoms with Crippen molar-refractivity contribution in [3.8, 4) is 11.8 Å². The van der Waals surface area contributed by atoms with Crippen molar-refractivity contribution in [2.45, 2.75) is 20.8 Å². The van der Waals surface area contributed by atoms with E-state index in [1.165, 1.54) is 0 Å². The Kier molecular flexibility index (Phi) is 4.53. The topological polar surface area (TPSA) is 62.1 Å². The van der Waals surface area contributed by atoms with E-state index in [9.17, 15) is 4.79 Å². The van der Waals surface area contributed by atoms with Crippen LogP contribution in [0.3, 0.4) is 0 Å². The molecule has 0 heterocycles. The Morgan fingerprint density at radius 3 is 2.82 bits per heavy atom. The lowest BCUT2D eigenvalue weighted by Crippen LogP contribution is -2.18. The van der Waals surface area contributed by atoms with Crippen LogP contribution in [0.2, 0.25) is 0 Å². The summed E-state index contributed by atoms with van der Waals surface area (Å²) in [4.78, 5) is 11.6. The summed E-state index contributed by atoms with van der Waals surface area (Å²) in [7, 11) is 0. The number of nitriles is 1. The summed E-state index contributed by atoms with van der Waals surface area (Å²) < 4.78 is 5.25. The van der Waals surface area contributed by atoms with Gasteiger partial charge in [-0.2, -0.15) is 5.26 Å². The van der Waals surface area contributed by atoms with E-state index in [0.717, 1.165) is 5.56 Å². The van der Waals surface area contributed by atoms with Crippen molar-refractivity contribution in [3.05, 3.63) is 23.8 Å². The first kappa shape index (κ1) is 13.0. The van der Waals surface area contributed by atoms with Crippen molar-refractivity contribution in [1.82, 2.24) is 0 Å². The molecule has 4 nitrogen and oxygen atoms in total. The first-order chi connectivity index (χ1) is 8.04. The van der Waals surface area contributed by atoms with Crippen LogP contribution in [0.1, 0.15) is 19.4 Å². The molecule has 0 spiro atoms. The minimum atomic E-state index is -0.0978. The molecule has 1 aromatic rings. The maximum atomic E-state index is 11.6. The molecule has 0 unspecified atom stereocenters. The Morgan fingerprint density at radius 2 is 2.24 bits per heavy atom. The first-order valence-electron chi connectivity index (χ1n) is 5.46. The molecule has 1 amide bonds. The van der Waals surface area contributed by atoms with Gasteiger partial charge in [-0.05, 0) is 24.6 Å². The molecule has 1 aromatic carbocycles. The standard InChI is InChI=1S/C13H16N2O2/c1-9(2)13(16)15-11-8-10(3)4-5-12(11)17-7-6-14/h4-5,8-9H,7H2,1-3H3,(H,15,16). The fourth-order valence-corrected chi connectivity index (χ4v) is 1.25. The van der Waals surface area contributed by atoms with E-state index >= 15 is 0 Å². The molecular weight excluding hydrogens is 216 g/mol. The largest absolute Gasteiger partial charge is 0.477 e. The number of hydrogen-bond donors (Lipinski definition) is 1. The van der Waals surface area contributed by atoms with Gasteiger partial charge in [0.2, 0.25) is 5.91 Å². The average Bonchev–Trinajstić information content (AvgIpc) is 2.28. The fourth-order valence-electron chi connectivity index (χ4n) is 1.25. The second-order valence-electron chi connectivity index (χ2n) is 4.09. The molecule has 0 fully saturated rings. The molecule has 17 heavy (non-hydrogen) atoms. The number of ether oxygens (including phenoxy) is 1. The van der Waals surface area contributed by atoms with E-state index in [1.54, 1.807) is 6.07 Å². The highest BCUT2D eigenvalue weighted by molar-refractivity contribution is 5.93. The lowest BCUT2D eigenvalue weighted by Gasteiger charge is -2.13. The van der Waals surface area contributed by atoms with E-state index in [-0.39, 0.29) is 18.4 Å². The second kappa shape index (κ2) is 5.90. The molecule has 4 heteroatoms. The van der Waals surface area contributed by atoms with Crippen LogP contribution in [-0.2, 0) is 4.79 Å². The van der Waals surface area contributed by atoms with Crippen LogP contribution in [0.15, 0.2) is 18.2 Å². The lowest BCUT2D eigenvalue weighted by molar-refractivity contribution is -0.118. The third-order valence-corrected chi connectivity index (χ3v) is 2.21. The van der Waals surface area contributed by atoms with Gasteiger partial charge in [0.25, 0.3) is 0 Å². The Bertz CT molecular complexity index is 447. The normalized spacial score (nSPS) is 9.82. The predicted molar refractivity (Wildman–Crippen MR) is 65.8 cm³/mol. The number of anilines is 1. The number of carbonyl (C=O) groups excluding carboxylic acids is 1. The molecule has 0 saturated carbocycles. The summed E-state index contributed by atoms with van der Waals surface area (Å²) in [6.07, 6.45) is 0. The van der Waals surface area contributed by atoms with Crippen molar-refractivity contribution in [2.24, 2.45) is 5.92 Å². The van der Waals surface area contributed by atoms with Crippen LogP contribution in [0, 0.1) is 24.2 Å². The van der Waals surface area contributed by atoms with Crippen LogP contribution in [0.25, 0.3) is 0 Å². The van der Waals surface area contributed by atoms with Gasteiger partial charge in [0.1, 0.15) is 11.8 Å². The summed E-state index contributed by atoms with van der Waals surface area (Å²) >= 11 is 0. The highest BCUT2D eigenvalue weighted by atomic mass is 16.5. The number of hydrogen-bond acceptors (Lipinski definition) is 3. The Labute approximate surface area is 101 Å². The molecule has 1 N–H and O–H groups in total. The van der Waals surface area contributed by atoms with Gasteiger partial charge in [-0.25, -0.2) is 0 Å². The molecule has 0 aliphatic rings. The summed E-state index contributed by atoms with van der Waals surface area (Å²) in [6, 6.07) is 7.35. The molecule has 0 atom stereocenters. The monoisotopic (exact) mass is 232 g/mol. The molecule has 1 rings (SSSR count). The molecule has 0 aliphatic carbocycles. The molecule has 0 radical (unpaired) electrons. The highest BCUT2D eigenvalue weighted by Gasteiger charge is 2.11. The SMILES string of the molecule is Cc1ccc(OCC#N)c(NC(=O)C(C)C)c1. The molecule has 0 aliphatic heterocycles. The number of benzene rings is 1. The van der Waals surface area contributed by atoms with Crippen LogP contribution in [0.5, 0.6) is 5.75 Å². The quantitative estimate of drug-likeness (QED) is 0.867. The van der Waals surface area contributed by atoms with Crippen molar-refractivity contribution < 1.29 is 9.53 Å². The number of amides is 1. The molecule has 90 valence electrons. The maximum Gasteiger partial charge on any atom is 0.227 e. The summed E-state index contributed by atoms with van der Waals surface area (Å²) in [6.45, 7) is 5.54. The van der Waals surface area contributed by atoms with Crippen LogP contribution < -0.4 is 10.1 Å². The highest BCUT2D eigenvalue weighted by Crippen LogP contribution is 2.26. The van der Waals surface area contributed by atoms with Crippen LogP contribution in [-0.4, -0.2) is 12.5 Å².